The monoisotopic (exact) mass is 204 g/mol. The average Bonchev–Trinajstić information content (AvgIpc) is 2.27. The van der Waals surface area contributed by atoms with E-state index in [1.54, 1.807) is 4.90 Å². The molecule has 0 aliphatic carbocycles. The molecule has 0 saturated carbocycles. The van der Waals surface area contributed by atoms with Crippen LogP contribution in [0.25, 0.3) is 6.08 Å². The van der Waals surface area contributed by atoms with E-state index in [4.69, 9.17) is 5.73 Å². The van der Waals surface area contributed by atoms with Gasteiger partial charge in [-0.3, -0.25) is 4.79 Å². The van der Waals surface area contributed by atoms with Crippen molar-refractivity contribution in [1.82, 2.24) is 0 Å². The minimum atomic E-state index is -1.27. The maximum atomic E-state index is 10.9. The number of primary amides is 1. The van der Waals surface area contributed by atoms with E-state index in [1.807, 2.05) is 36.4 Å². The average molecular weight is 204 g/mol. The summed E-state index contributed by atoms with van der Waals surface area (Å²) in [5, 5.41) is 9.62. The van der Waals surface area contributed by atoms with Gasteiger partial charge in [0.1, 0.15) is 0 Å². The summed E-state index contributed by atoms with van der Waals surface area (Å²) in [7, 11) is 0. The number of fused-ring (bicyclic) bond motifs is 1. The summed E-state index contributed by atoms with van der Waals surface area (Å²) >= 11 is 0. The van der Waals surface area contributed by atoms with Crippen molar-refractivity contribution in [1.29, 1.82) is 0 Å². The Morgan fingerprint density at radius 1 is 1.47 bits per heavy atom. The predicted octanol–water partition coefficient (Wildman–Crippen LogP) is 0.323. The van der Waals surface area contributed by atoms with Crippen LogP contribution in [0.3, 0.4) is 0 Å². The van der Waals surface area contributed by atoms with Gasteiger partial charge in [0.05, 0.1) is 0 Å². The summed E-state index contributed by atoms with van der Waals surface area (Å²) in [6.07, 6.45) is 2.57. The number of aliphatic hydroxyl groups is 1. The molecule has 1 aliphatic heterocycles. The fraction of sp³-hybridized carbons (Fsp3) is 0.182. The molecule has 1 aromatic carbocycles. The second-order valence-electron chi connectivity index (χ2n) is 3.39. The summed E-state index contributed by atoms with van der Waals surface area (Å²) in [6, 6.07) is 7.54. The summed E-state index contributed by atoms with van der Waals surface area (Å²) in [5.74, 6) is -0.736. The number of aliphatic hydroxyl groups excluding tert-OH is 1. The molecule has 0 spiro atoms. The number of benzene rings is 1. The molecule has 4 nitrogen and oxygen atoms in total. The number of carbonyl (C=O) groups is 1. The molecular weight excluding hydrogens is 192 g/mol. The zero-order valence-electron chi connectivity index (χ0n) is 8.13. The molecular formula is C11H12N2O2. The van der Waals surface area contributed by atoms with Gasteiger partial charge in [0.25, 0.3) is 5.91 Å². The number of nitrogens with zero attached hydrogens (tertiary/aromatic N) is 1. The lowest BCUT2D eigenvalue weighted by Gasteiger charge is -2.30. The normalized spacial score (nSPS) is 15.9. The second-order valence-corrected chi connectivity index (χ2v) is 3.39. The first-order valence-corrected chi connectivity index (χ1v) is 4.70. The number of anilines is 1. The van der Waals surface area contributed by atoms with Crippen LogP contribution in [0.15, 0.2) is 30.3 Å². The van der Waals surface area contributed by atoms with Crippen LogP contribution in [0.5, 0.6) is 0 Å². The molecule has 2 rings (SSSR count). The van der Waals surface area contributed by atoms with Crippen molar-refractivity contribution in [3.05, 3.63) is 35.9 Å². The Balaban J connectivity index is 2.38. The van der Waals surface area contributed by atoms with E-state index in [1.165, 1.54) is 0 Å². The van der Waals surface area contributed by atoms with Crippen LogP contribution >= 0.6 is 0 Å². The lowest BCUT2D eigenvalue weighted by Crippen LogP contribution is -2.45. The number of hydrogen-bond donors (Lipinski definition) is 2. The van der Waals surface area contributed by atoms with Gasteiger partial charge in [0.15, 0.2) is 0 Å². The van der Waals surface area contributed by atoms with Crippen LogP contribution in [0.4, 0.5) is 5.69 Å². The Bertz CT molecular complexity index is 415. The van der Waals surface area contributed by atoms with Crippen LogP contribution in [0, 0.1) is 0 Å². The van der Waals surface area contributed by atoms with Crippen LogP contribution in [0.1, 0.15) is 5.56 Å². The fourth-order valence-electron chi connectivity index (χ4n) is 1.67. The smallest absolute Gasteiger partial charge is 0.267 e. The van der Waals surface area contributed by atoms with Crippen molar-refractivity contribution in [2.45, 2.75) is 6.23 Å². The number of para-hydroxylation sites is 1. The number of nitrogens with two attached hydrogens (primary N) is 1. The van der Waals surface area contributed by atoms with Crippen LogP contribution in [-0.4, -0.2) is 23.8 Å². The highest BCUT2D eigenvalue weighted by Gasteiger charge is 2.23. The fourth-order valence-corrected chi connectivity index (χ4v) is 1.67. The van der Waals surface area contributed by atoms with Gasteiger partial charge < -0.3 is 15.7 Å². The number of hydrogen-bond acceptors (Lipinski definition) is 3. The Hall–Kier alpha value is -1.81. The summed E-state index contributed by atoms with van der Waals surface area (Å²) in [5.41, 5.74) is 6.87. The zero-order valence-corrected chi connectivity index (χ0v) is 8.13. The van der Waals surface area contributed by atoms with E-state index in [2.05, 4.69) is 0 Å². The molecule has 0 bridgehead atoms. The summed E-state index contributed by atoms with van der Waals surface area (Å²) < 4.78 is 0. The summed E-state index contributed by atoms with van der Waals surface area (Å²) in [4.78, 5) is 12.5. The van der Waals surface area contributed by atoms with Crippen molar-refractivity contribution >= 4 is 17.7 Å². The minimum Gasteiger partial charge on any atom is -0.366 e. The first kappa shape index (κ1) is 9.73. The number of amides is 1. The van der Waals surface area contributed by atoms with Crippen LogP contribution in [-0.2, 0) is 4.79 Å². The Kier molecular flexibility index (Phi) is 2.43. The maximum absolute atomic E-state index is 10.9. The number of rotatable bonds is 2. The predicted molar refractivity (Wildman–Crippen MR) is 58.0 cm³/mol. The first-order chi connectivity index (χ1) is 7.20. The third-order valence-electron chi connectivity index (χ3n) is 2.40. The second kappa shape index (κ2) is 3.74. The van der Waals surface area contributed by atoms with E-state index in [9.17, 15) is 9.90 Å². The van der Waals surface area contributed by atoms with Gasteiger partial charge in [-0.1, -0.05) is 30.4 Å². The first-order valence-electron chi connectivity index (χ1n) is 4.70. The van der Waals surface area contributed by atoms with Gasteiger partial charge in [-0.05, 0) is 11.6 Å². The van der Waals surface area contributed by atoms with E-state index < -0.39 is 12.1 Å². The van der Waals surface area contributed by atoms with E-state index in [0.717, 1.165) is 11.3 Å². The topological polar surface area (TPSA) is 66.6 Å². The molecule has 0 aromatic heterocycles. The third-order valence-corrected chi connectivity index (χ3v) is 2.40. The number of carbonyl (C=O) groups excluding carboxylic acids is 1. The lowest BCUT2D eigenvalue weighted by molar-refractivity contribution is -0.125. The van der Waals surface area contributed by atoms with Crippen molar-refractivity contribution in [2.24, 2.45) is 5.73 Å². The lowest BCUT2D eigenvalue weighted by atomic mass is 10.1. The highest BCUT2D eigenvalue weighted by molar-refractivity contribution is 5.84. The highest BCUT2D eigenvalue weighted by atomic mass is 16.3. The van der Waals surface area contributed by atoms with E-state index in [0.29, 0.717) is 6.54 Å². The largest absolute Gasteiger partial charge is 0.366 e. The van der Waals surface area contributed by atoms with Gasteiger partial charge >= 0.3 is 0 Å². The quantitative estimate of drug-likeness (QED) is 0.729. The molecule has 0 radical (unpaired) electrons. The standard InChI is InChI=1S/C11H12N2O2/c12-10(14)11(15)13-7-3-5-8-4-1-2-6-9(8)13/h1-6,11,15H,7H2,(H2,12,14). The van der Waals surface area contributed by atoms with E-state index in [-0.39, 0.29) is 0 Å². The highest BCUT2D eigenvalue weighted by Crippen LogP contribution is 2.26. The molecule has 1 amide bonds. The van der Waals surface area contributed by atoms with Gasteiger partial charge in [0, 0.05) is 12.2 Å². The van der Waals surface area contributed by atoms with Crippen molar-refractivity contribution in [3.63, 3.8) is 0 Å². The van der Waals surface area contributed by atoms with Crippen molar-refractivity contribution < 1.29 is 9.90 Å². The van der Waals surface area contributed by atoms with Gasteiger partial charge in [-0.15, -0.1) is 0 Å². The van der Waals surface area contributed by atoms with E-state index >= 15 is 0 Å². The molecule has 0 saturated heterocycles. The SMILES string of the molecule is NC(=O)C(O)N1CC=Cc2ccccc21. The molecule has 1 aliphatic rings. The van der Waals surface area contributed by atoms with Crippen molar-refractivity contribution in [3.8, 4) is 0 Å². The van der Waals surface area contributed by atoms with Gasteiger partial charge in [-0.2, -0.15) is 0 Å². The van der Waals surface area contributed by atoms with Crippen LogP contribution < -0.4 is 10.6 Å². The summed E-state index contributed by atoms with van der Waals surface area (Å²) in [6.45, 7) is 0.487. The van der Waals surface area contributed by atoms with Gasteiger partial charge in [0.2, 0.25) is 6.23 Å². The zero-order chi connectivity index (χ0) is 10.8. The molecule has 78 valence electrons. The van der Waals surface area contributed by atoms with Crippen LogP contribution in [0.2, 0.25) is 0 Å². The maximum Gasteiger partial charge on any atom is 0.267 e. The van der Waals surface area contributed by atoms with Gasteiger partial charge in [-0.25, -0.2) is 0 Å². The Morgan fingerprint density at radius 3 is 2.93 bits per heavy atom. The molecule has 1 heterocycles. The Morgan fingerprint density at radius 2 is 2.20 bits per heavy atom. The minimum absolute atomic E-state index is 0.487. The molecule has 3 N–H and O–H groups in total. The Labute approximate surface area is 87.6 Å². The third kappa shape index (κ3) is 1.71. The molecule has 1 aromatic rings. The molecule has 15 heavy (non-hydrogen) atoms. The van der Waals surface area contributed by atoms with Crippen molar-refractivity contribution in [2.75, 3.05) is 11.4 Å². The molecule has 4 heteroatoms. The molecule has 1 atom stereocenters. The molecule has 0 fully saturated rings. The molecule has 1 unspecified atom stereocenters.